The number of hydrogen-bond donors (Lipinski definition) is 0. The molecule has 0 radical (unpaired) electrons. The van der Waals surface area contributed by atoms with Crippen LogP contribution in [0.4, 0.5) is 0 Å². The van der Waals surface area contributed by atoms with Crippen LogP contribution >= 0.6 is 50.5 Å². The van der Waals surface area contributed by atoms with E-state index in [0.29, 0.717) is 0 Å². The summed E-state index contributed by atoms with van der Waals surface area (Å²) in [6, 6.07) is 6.17. The highest BCUT2D eigenvalue weighted by atomic mass is 79.9. The number of rotatable bonds is 2. The molecule has 0 bridgehead atoms. The minimum Gasteiger partial charge on any atom is -0.131 e. The van der Waals surface area contributed by atoms with Gasteiger partial charge in [0.1, 0.15) is 0 Å². The minimum atomic E-state index is -0.188. The van der Waals surface area contributed by atoms with Gasteiger partial charge in [-0.1, -0.05) is 17.7 Å². The van der Waals surface area contributed by atoms with Crippen LogP contribution in [0, 0.1) is 20.8 Å². The maximum atomic E-state index is 6.55. The van der Waals surface area contributed by atoms with Gasteiger partial charge in [-0.3, -0.25) is 0 Å². The zero-order chi connectivity index (χ0) is 13.4. The second-order valence-electron chi connectivity index (χ2n) is 4.43. The fraction of sp³-hybridized carbons (Fsp3) is 0.286. The Morgan fingerprint density at radius 2 is 1.67 bits per heavy atom. The maximum absolute atomic E-state index is 6.55. The van der Waals surface area contributed by atoms with Gasteiger partial charge in [0, 0.05) is 9.90 Å². The van der Waals surface area contributed by atoms with Crippen molar-refractivity contribution >= 4 is 50.5 Å². The normalized spacial score (nSPS) is 12.8. The monoisotopic (exact) mass is 362 g/mol. The van der Waals surface area contributed by atoms with E-state index in [1.807, 2.05) is 6.07 Å². The van der Waals surface area contributed by atoms with Gasteiger partial charge in [-0.05, 0) is 71.1 Å². The van der Waals surface area contributed by atoms with Crippen LogP contribution in [0.5, 0.6) is 0 Å². The molecule has 1 aromatic carbocycles. The lowest BCUT2D eigenvalue weighted by Gasteiger charge is -2.12. The fourth-order valence-electron chi connectivity index (χ4n) is 1.76. The molecule has 0 nitrogen and oxygen atoms in total. The highest BCUT2D eigenvalue weighted by molar-refractivity contribution is 9.11. The lowest BCUT2D eigenvalue weighted by molar-refractivity contribution is 1.16. The van der Waals surface area contributed by atoms with Gasteiger partial charge in [-0.15, -0.1) is 22.9 Å². The largest absolute Gasteiger partial charge is 0.131 e. The van der Waals surface area contributed by atoms with Crippen LogP contribution < -0.4 is 0 Å². The molecule has 18 heavy (non-hydrogen) atoms. The lowest BCUT2D eigenvalue weighted by atomic mass is 10.0. The highest BCUT2D eigenvalue weighted by Gasteiger charge is 2.18. The van der Waals surface area contributed by atoms with Gasteiger partial charge in [-0.2, -0.15) is 0 Å². The Morgan fingerprint density at radius 1 is 1.06 bits per heavy atom. The number of aryl methyl sites for hydroxylation is 3. The van der Waals surface area contributed by atoms with Crippen LogP contribution in [0.25, 0.3) is 0 Å². The molecule has 2 rings (SSSR count). The summed E-state index contributed by atoms with van der Waals surface area (Å²) in [5.41, 5.74) is 4.60. The molecule has 1 atom stereocenters. The number of alkyl halides is 1. The third kappa shape index (κ3) is 2.77. The first-order valence-corrected chi connectivity index (χ1v) is 7.99. The number of hydrogen-bond acceptors (Lipinski definition) is 1. The Hall–Kier alpha value is -0.0200. The molecule has 0 fully saturated rings. The molecule has 0 aliphatic rings. The molecule has 0 spiro atoms. The van der Waals surface area contributed by atoms with Crippen molar-refractivity contribution in [2.75, 3.05) is 0 Å². The number of benzene rings is 1. The van der Waals surface area contributed by atoms with Gasteiger partial charge in [-0.25, -0.2) is 0 Å². The first kappa shape index (κ1) is 14.4. The first-order chi connectivity index (χ1) is 8.40. The summed E-state index contributed by atoms with van der Waals surface area (Å²) in [6.07, 6.45) is 0. The molecule has 0 amide bonds. The van der Waals surface area contributed by atoms with Crippen molar-refractivity contribution in [2.24, 2.45) is 0 Å². The van der Waals surface area contributed by atoms with Gasteiger partial charge in [0.25, 0.3) is 0 Å². The molecule has 96 valence electrons. The molecule has 1 heterocycles. The fourth-order valence-corrected chi connectivity index (χ4v) is 4.09. The highest BCUT2D eigenvalue weighted by Crippen LogP contribution is 2.40. The SMILES string of the molecule is Cc1cc(Cl)c(C(Cl)c2cc(C)c(Br)s2)cc1C. The van der Waals surface area contributed by atoms with Crippen molar-refractivity contribution in [3.05, 3.63) is 54.1 Å². The predicted molar refractivity (Wildman–Crippen MR) is 85.4 cm³/mol. The molecule has 4 heteroatoms. The summed E-state index contributed by atoms with van der Waals surface area (Å²) >= 11 is 18.0. The van der Waals surface area contributed by atoms with Crippen molar-refractivity contribution in [3.8, 4) is 0 Å². The van der Waals surface area contributed by atoms with E-state index in [1.165, 1.54) is 16.7 Å². The van der Waals surface area contributed by atoms with Gasteiger partial charge >= 0.3 is 0 Å². The predicted octanol–water partition coefficient (Wildman–Crippen LogP) is 6.42. The molecule has 0 N–H and O–H groups in total. The standard InChI is InChI=1S/C14H13BrCl2S/c1-7-4-10(11(16)5-8(7)2)13(17)12-6-9(3)14(15)18-12/h4-6,13H,1-3H3. The molecule has 0 aliphatic heterocycles. The molecule has 0 saturated carbocycles. The van der Waals surface area contributed by atoms with Crippen LogP contribution in [0.2, 0.25) is 5.02 Å². The Morgan fingerprint density at radius 3 is 2.22 bits per heavy atom. The average Bonchev–Trinajstić information content (AvgIpc) is 2.63. The van der Waals surface area contributed by atoms with E-state index >= 15 is 0 Å². The molecular formula is C14H13BrCl2S. The number of halogens is 3. The van der Waals surface area contributed by atoms with Crippen molar-refractivity contribution in [3.63, 3.8) is 0 Å². The van der Waals surface area contributed by atoms with Crippen LogP contribution in [0.15, 0.2) is 22.0 Å². The van der Waals surface area contributed by atoms with Crippen LogP contribution in [0.1, 0.15) is 32.5 Å². The Balaban J connectivity index is 2.45. The van der Waals surface area contributed by atoms with E-state index < -0.39 is 0 Å². The van der Waals surface area contributed by atoms with E-state index in [1.54, 1.807) is 11.3 Å². The quantitative estimate of drug-likeness (QED) is 0.540. The Labute approximate surface area is 130 Å². The van der Waals surface area contributed by atoms with Gasteiger partial charge in [0.15, 0.2) is 0 Å². The molecule has 1 aromatic heterocycles. The minimum absolute atomic E-state index is 0.188. The van der Waals surface area contributed by atoms with Crippen molar-refractivity contribution in [2.45, 2.75) is 26.1 Å². The average molecular weight is 364 g/mol. The van der Waals surface area contributed by atoms with Crippen molar-refractivity contribution in [1.82, 2.24) is 0 Å². The molecule has 0 aliphatic carbocycles. The Bertz CT molecular complexity index is 570. The number of thiophene rings is 1. The van der Waals surface area contributed by atoms with Crippen LogP contribution in [0.3, 0.4) is 0 Å². The van der Waals surface area contributed by atoms with Gasteiger partial charge in [0.05, 0.1) is 9.16 Å². The van der Waals surface area contributed by atoms with Crippen molar-refractivity contribution < 1.29 is 0 Å². The van der Waals surface area contributed by atoms with Gasteiger partial charge < -0.3 is 0 Å². The van der Waals surface area contributed by atoms with E-state index in [0.717, 1.165) is 19.2 Å². The van der Waals surface area contributed by atoms with E-state index in [-0.39, 0.29) is 5.38 Å². The first-order valence-electron chi connectivity index (χ1n) is 5.56. The summed E-state index contributed by atoms with van der Waals surface area (Å²) in [5.74, 6) is 0. The van der Waals surface area contributed by atoms with E-state index in [9.17, 15) is 0 Å². The summed E-state index contributed by atoms with van der Waals surface area (Å²) < 4.78 is 1.13. The maximum Gasteiger partial charge on any atom is 0.0942 e. The second-order valence-corrected chi connectivity index (χ2v) is 7.67. The zero-order valence-corrected chi connectivity index (χ0v) is 14.3. The van der Waals surface area contributed by atoms with E-state index in [4.69, 9.17) is 23.2 Å². The third-order valence-electron chi connectivity index (χ3n) is 3.01. The summed E-state index contributed by atoms with van der Waals surface area (Å²) in [7, 11) is 0. The molecule has 1 unspecified atom stereocenters. The van der Waals surface area contributed by atoms with Crippen LogP contribution in [-0.4, -0.2) is 0 Å². The lowest BCUT2D eigenvalue weighted by Crippen LogP contribution is -1.94. The summed E-state index contributed by atoms with van der Waals surface area (Å²) in [5, 5.41) is 0.548. The van der Waals surface area contributed by atoms with Crippen LogP contribution in [-0.2, 0) is 0 Å². The summed E-state index contributed by atoms with van der Waals surface area (Å²) in [4.78, 5) is 1.12. The van der Waals surface area contributed by atoms with Crippen molar-refractivity contribution in [1.29, 1.82) is 0 Å². The molecule has 0 saturated heterocycles. The topological polar surface area (TPSA) is 0 Å². The molecule has 2 aromatic rings. The van der Waals surface area contributed by atoms with E-state index in [2.05, 4.69) is 48.8 Å². The third-order valence-corrected chi connectivity index (χ3v) is 6.14. The van der Waals surface area contributed by atoms with Gasteiger partial charge in [0.2, 0.25) is 0 Å². The molecular weight excluding hydrogens is 351 g/mol. The zero-order valence-electron chi connectivity index (χ0n) is 10.4. The summed E-state index contributed by atoms with van der Waals surface area (Å²) in [6.45, 7) is 6.20. The second kappa shape index (κ2) is 5.54. The smallest absolute Gasteiger partial charge is 0.0942 e. The Kier molecular flexibility index (Phi) is 4.43.